The molecule has 1 saturated heterocycles. The minimum Gasteiger partial charge on any atom is -0.365 e. The Hall–Kier alpha value is -3.41. The normalized spacial score (nSPS) is 13.7. The van der Waals surface area contributed by atoms with Gasteiger partial charge in [0.2, 0.25) is 0 Å². The second-order valence-electron chi connectivity index (χ2n) is 7.92. The molecule has 0 saturated carbocycles. The van der Waals surface area contributed by atoms with E-state index < -0.39 is 5.91 Å². The summed E-state index contributed by atoms with van der Waals surface area (Å²) in [6.45, 7) is 8.40. The van der Waals surface area contributed by atoms with E-state index in [9.17, 15) is 14.4 Å². The van der Waals surface area contributed by atoms with E-state index in [1.54, 1.807) is 36.7 Å². The van der Waals surface area contributed by atoms with Gasteiger partial charge >= 0.3 is 0 Å². The van der Waals surface area contributed by atoms with Crippen molar-refractivity contribution < 1.29 is 14.4 Å². The van der Waals surface area contributed by atoms with Crippen molar-refractivity contribution in [3.05, 3.63) is 52.7 Å². The summed E-state index contributed by atoms with van der Waals surface area (Å²) in [7, 11) is 1.97. The summed E-state index contributed by atoms with van der Waals surface area (Å²) in [4.78, 5) is 47.0. The Morgan fingerprint density at radius 3 is 2.60 bits per heavy atom. The number of thiophene rings is 1. The number of aldehydes is 1. The molecule has 1 aliphatic rings. The van der Waals surface area contributed by atoms with Gasteiger partial charge in [-0.3, -0.25) is 19.3 Å². The lowest BCUT2D eigenvalue weighted by Gasteiger charge is -2.35. The molecule has 4 N–H and O–H groups in total. The molecule has 0 bridgehead atoms. The molecule has 35 heavy (non-hydrogen) atoms. The Kier molecular flexibility index (Phi) is 9.65. The Bertz CT molecular complexity index is 1160. The number of nitrogens with two attached hydrogens (primary N) is 1. The number of hydrogen-bond donors (Lipinski definition) is 3. The number of fused-ring (bicyclic) bond motifs is 1. The topological polar surface area (TPSA) is 134 Å². The summed E-state index contributed by atoms with van der Waals surface area (Å²) in [5.74, 6) is 0.354. The summed E-state index contributed by atoms with van der Waals surface area (Å²) in [6.07, 6.45) is 2.28. The van der Waals surface area contributed by atoms with Gasteiger partial charge in [-0.1, -0.05) is 12.1 Å². The highest BCUT2D eigenvalue weighted by molar-refractivity contribution is 7.21. The van der Waals surface area contributed by atoms with Gasteiger partial charge < -0.3 is 21.3 Å². The van der Waals surface area contributed by atoms with E-state index in [4.69, 9.17) is 5.73 Å². The van der Waals surface area contributed by atoms with Crippen LogP contribution in [0.25, 0.3) is 10.2 Å². The standard InChI is InChI=1S/C14H20N6OS.C10H11NO2/c1-16-2-3-19-4-6-20(7-5-19)14-12-10(17-9-18-14)8-11(22-12)13(15)21;1-2-11-10(13)9-5-3-4-8(6-9)7-12/h8-9,16H,2-7H2,1H3,(H2,15,21);3-7H,2H2,1H3,(H,11,13). The highest BCUT2D eigenvalue weighted by Crippen LogP contribution is 2.31. The number of rotatable bonds is 8. The quantitative estimate of drug-likeness (QED) is 0.398. The second kappa shape index (κ2) is 12.9. The fourth-order valence-corrected chi connectivity index (χ4v) is 4.64. The van der Waals surface area contributed by atoms with Crippen LogP contribution in [-0.2, 0) is 0 Å². The number of piperazine rings is 1. The molecule has 0 atom stereocenters. The molecule has 11 heteroatoms. The van der Waals surface area contributed by atoms with Crippen LogP contribution in [0.3, 0.4) is 0 Å². The van der Waals surface area contributed by atoms with Gasteiger partial charge in [-0.25, -0.2) is 9.97 Å². The van der Waals surface area contributed by atoms with Crippen LogP contribution in [0.4, 0.5) is 5.82 Å². The first-order valence-electron chi connectivity index (χ1n) is 11.5. The molecule has 1 fully saturated rings. The van der Waals surface area contributed by atoms with Gasteiger partial charge in [-0.05, 0) is 32.2 Å². The lowest BCUT2D eigenvalue weighted by atomic mass is 10.1. The Morgan fingerprint density at radius 1 is 1.17 bits per heavy atom. The fraction of sp³-hybridized carbons (Fsp3) is 0.375. The van der Waals surface area contributed by atoms with Crippen LogP contribution in [0, 0.1) is 0 Å². The molecule has 4 rings (SSSR count). The van der Waals surface area contributed by atoms with Gasteiger partial charge in [0.05, 0.1) is 15.1 Å². The number of aromatic nitrogens is 2. The molecule has 0 aliphatic carbocycles. The molecule has 1 aliphatic heterocycles. The van der Waals surface area contributed by atoms with Gasteiger partial charge in [0.1, 0.15) is 18.4 Å². The van der Waals surface area contributed by atoms with Gasteiger partial charge in [-0.15, -0.1) is 11.3 Å². The number of anilines is 1. The van der Waals surface area contributed by atoms with Crippen molar-refractivity contribution in [3.8, 4) is 0 Å². The summed E-state index contributed by atoms with van der Waals surface area (Å²) < 4.78 is 0.944. The van der Waals surface area contributed by atoms with Gasteiger partial charge in [0.25, 0.3) is 11.8 Å². The average molecular weight is 498 g/mol. The van der Waals surface area contributed by atoms with Gasteiger partial charge in [-0.2, -0.15) is 0 Å². The molecule has 0 unspecified atom stereocenters. The van der Waals surface area contributed by atoms with Crippen LogP contribution >= 0.6 is 11.3 Å². The number of benzene rings is 1. The fourth-order valence-electron chi connectivity index (χ4n) is 3.66. The maximum absolute atomic E-state index is 11.4. The minimum absolute atomic E-state index is 0.147. The SMILES string of the molecule is CCNC(=O)c1cccc(C=O)c1.CNCCN1CCN(c2ncnc3cc(C(N)=O)sc23)CC1. The number of likely N-dealkylation sites (N-methyl/N-ethyl adjacent to an activating group) is 1. The van der Waals surface area contributed by atoms with Crippen molar-refractivity contribution in [3.63, 3.8) is 0 Å². The van der Waals surface area contributed by atoms with Crippen molar-refractivity contribution in [1.82, 2.24) is 25.5 Å². The van der Waals surface area contributed by atoms with E-state index in [2.05, 4.69) is 30.4 Å². The molecule has 0 spiro atoms. The van der Waals surface area contributed by atoms with Crippen molar-refractivity contribution in [2.75, 3.05) is 57.8 Å². The molecule has 3 aromatic rings. The zero-order valence-corrected chi connectivity index (χ0v) is 20.8. The summed E-state index contributed by atoms with van der Waals surface area (Å²) in [6, 6.07) is 8.34. The first-order valence-corrected chi connectivity index (χ1v) is 12.3. The molecular weight excluding hydrogens is 466 g/mol. The van der Waals surface area contributed by atoms with E-state index in [1.807, 2.05) is 14.0 Å². The lowest BCUT2D eigenvalue weighted by Crippen LogP contribution is -2.48. The predicted molar refractivity (Wildman–Crippen MR) is 138 cm³/mol. The van der Waals surface area contributed by atoms with Crippen molar-refractivity contribution in [1.29, 1.82) is 0 Å². The maximum Gasteiger partial charge on any atom is 0.258 e. The zero-order valence-electron chi connectivity index (χ0n) is 20.0. The van der Waals surface area contributed by atoms with E-state index >= 15 is 0 Å². The van der Waals surface area contributed by atoms with Crippen LogP contribution in [0.5, 0.6) is 0 Å². The van der Waals surface area contributed by atoms with E-state index in [0.717, 1.165) is 61.6 Å². The number of amides is 2. The largest absolute Gasteiger partial charge is 0.365 e. The number of carbonyl (C=O) groups excluding carboxylic acids is 3. The Labute approximate surface area is 208 Å². The molecule has 3 heterocycles. The van der Waals surface area contributed by atoms with Crippen LogP contribution < -0.4 is 21.3 Å². The van der Waals surface area contributed by atoms with Gasteiger partial charge in [0.15, 0.2) is 0 Å². The van der Waals surface area contributed by atoms with Crippen molar-refractivity contribution >= 4 is 45.5 Å². The molecule has 2 amide bonds. The first kappa shape index (κ1) is 26.2. The highest BCUT2D eigenvalue weighted by Gasteiger charge is 2.21. The number of nitrogens with one attached hydrogen (secondary N) is 2. The highest BCUT2D eigenvalue weighted by atomic mass is 32.1. The lowest BCUT2D eigenvalue weighted by molar-refractivity contribution is 0.0954. The van der Waals surface area contributed by atoms with Gasteiger partial charge in [0, 0.05) is 56.9 Å². The van der Waals surface area contributed by atoms with E-state index in [0.29, 0.717) is 22.5 Å². The maximum atomic E-state index is 11.4. The molecule has 186 valence electrons. The third-order valence-corrected chi connectivity index (χ3v) is 6.64. The monoisotopic (exact) mass is 497 g/mol. The zero-order chi connectivity index (χ0) is 25.2. The number of carbonyl (C=O) groups is 3. The molecule has 0 radical (unpaired) electrons. The molecule has 1 aromatic carbocycles. The van der Waals surface area contributed by atoms with E-state index in [1.165, 1.54) is 11.3 Å². The van der Waals surface area contributed by atoms with Crippen LogP contribution in [-0.4, -0.2) is 85.8 Å². The van der Waals surface area contributed by atoms with Crippen LogP contribution in [0.15, 0.2) is 36.7 Å². The Balaban J connectivity index is 0.000000225. The van der Waals surface area contributed by atoms with Crippen molar-refractivity contribution in [2.45, 2.75) is 6.92 Å². The van der Waals surface area contributed by atoms with E-state index in [-0.39, 0.29) is 5.91 Å². The molecule has 10 nitrogen and oxygen atoms in total. The average Bonchev–Trinajstić information content (AvgIpc) is 3.33. The number of primary amides is 1. The second-order valence-corrected chi connectivity index (χ2v) is 8.97. The number of hydrogen-bond acceptors (Lipinski definition) is 9. The summed E-state index contributed by atoms with van der Waals surface area (Å²) in [5.41, 5.74) is 7.20. The third-order valence-electron chi connectivity index (χ3n) is 5.51. The predicted octanol–water partition coefficient (Wildman–Crippen LogP) is 1.38. The minimum atomic E-state index is -0.411. The van der Waals surface area contributed by atoms with Crippen LogP contribution in [0.2, 0.25) is 0 Å². The summed E-state index contributed by atoms with van der Waals surface area (Å²) >= 11 is 1.38. The molecule has 2 aromatic heterocycles. The molecular formula is C24H31N7O3S. The first-order chi connectivity index (χ1) is 17.0. The summed E-state index contributed by atoms with van der Waals surface area (Å²) in [5, 5.41) is 5.84. The third kappa shape index (κ3) is 7.04. The Morgan fingerprint density at radius 2 is 1.94 bits per heavy atom. The smallest absolute Gasteiger partial charge is 0.258 e. The van der Waals surface area contributed by atoms with Crippen LogP contribution in [0.1, 0.15) is 37.3 Å². The number of nitrogens with zero attached hydrogens (tertiary/aromatic N) is 4. The van der Waals surface area contributed by atoms with Crippen molar-refractivity contribution in [2.24, 2.45) is 5.73 Å².